The smallest absolute Gasteiger partial charge is 0.0468 e. The van der Waals surface area contributed by atoms with Gasteiger partial charge in [-0.3, -0.25) is 11.3 Å². The van der Waals surface area contributed by atoms with Gasteiger partial charge < -0.3 is 9.64 Å². The molecule has 0 aliphatic carbocycles. The molecule has 2 atom stereocenters. The molecule has 0 aromatic heterocycles. The number of ether oxygens (including phenoxy) is 1. The van der Waals surface area contributed by atoms with Gasteiger partial charge in [0.25, 0.3) is 0 Å². The number of nitrogens with zero attached hydrogens (tertiary/aromatic N) is 1. The molecule has 102 valence electrons. The van der Waals surface area contributed by atoms with E-state index in [2.05, 4.69) is 38.3 Å². The van der Waals surface area contributed by atoms with Crippen molar-refractivity contribution in [3.8, 4) is 0 Å². The predicted molar refractivity (Wildman–Crippen MR) is 71.7 cm³/mol. The lowest BCUT2D eigenvalue weighted by Crippen LogP contribution is -2.59. The first-order valence-corrected chi connectivity index (χ1v) is 6.76. The first-order valence-electron chi connectivity index (χ1n) is 6.76. The number of nitrogens with one attached hydrogen (secondary N) is 1. The summed E-state index contributed by atoms with van der Waals surface area (Å²) < 4.78 is 5.41. The molecule has 0 saturated carbocycles. The molecule has 1 fully saturated rings. The Morgan fingerprint density at radius 2 is 2.00 bits per heavy atom. The van der Waals surface area contributed by atoms with E-state index in [1.165, 1.54) is 12.8 Å². The zero-order valence-corrected chi connectivity index (χ0v) is 11.8. The van der Waals surface area contributed by atoms with Crippen molar-refractivity contribution in [1.82, 2.24) is 10.3 Å². The van der Waals surface area contributed by atoms with E-state index in [1.807, 2.05) is 0 Å². The van der Waals surface area contributed by atoms with Crippen LogP contribution in [0.1, 0.15) is 39.5 Å². The summed E-state index contributed by atoms with van der Waals surface area (Å²) >= 11 is 0. The second kappa shape index (κ2) is 6.69. The summed E-state index contributed by atoms with van der Waals surface area (Å²) in [5, 5.41) is 0. The van der Waals surface area contributed by atoms with E-state index in [0.29, 0.717) is 6.04 Å². The van der Waals surface area contributed by atoms with Crippen LogP contribution in [0.4, 0.5) is 0 Å². The largest absolute Gasteiger partial charge is 0.381 e. The van der Waals surface area contributed by atoms with Gasteiger partial charge >= 0.3 is 0 Å². The molecule has 0 aromatic rings. The van der Waals surface area contributed by atoms with E-state index >= 15 is 0 Å². The van der Waals surface area contributed by atoms with E-state index < -0.39 is 0 Å². The minimum Gasteiger partial charge on any atom is -0.381 e. The van der Waals surface area contributed by atoms with Crippen molar-refractivity contribution in [1.29, 1.82) is 0 Å². The molecule has 2 unspecified atom stereocenters. The van der Waals surface area contributed by atoms with E-state index in [9.17, 15) is 0 Å². The van der Waals surface area contributed by atoms with Crippen LogP contribution in [-0.2, 0) is 4.74 Å². The zero-order chi connectivity index (χ0) is 12.9. The topological polar surface area (TPSA) is 50.5 Å². The molecular weight excluding hydrogens is 214 g/mol. The van der Waals surface area contributed by atoms with Crippen molar-refractivity contribution in [3.05, 3.63) is 0 Å². The summed E-state index contributed by atoms with van der Waals surface area (Å²) in [6.07, 6.45) is 4.58. The Bertz CT molecular complexity index is 217. The zero-order valence-electron chi connectivity index (χ0n) is 11.8. The van der Waals surface area contributed by atoms with Gasteiger partial charge in [-0.25, -0.2) is 0 Å². The lowest BCUT2D eigenvalue weighted by Gasteiger charge is -2.44. The highest BCUT2D eigenvalue weighted by atomic mass is 16.5. The van der Waals surface area contributed by atoms with Crippen LogP contribution in [0.2, 0.25) is 0 Å². The van der Waals surface area contributed by atoms with Crippen molar-refractivity contribution in [2.24, 2.45) is 11.8 Å². The summed E-state index contributed by atoms with van der Waals surface area (Å²) in [5.74, 6) is 6.53. The summed E-state index contributed by atoms with van der Waals surface area (Å²) in [5.41, 5.74) is 3.16. The van der Waals surface area contributed by atoms with Gasteiger partial charge in [-0.2, -0.15) is 0 Å². The van der Waals surface area contributed by atoms with Crippen molar-refractivity contribution in [2.75, 3.05) is 27.3 Å². The number of nitrogens with two attached hydrogens (primary N) is 1. The maximum absolute atomic E-state index is 5.78. The van der Waals surface area contributed by atoms with Crippen LogP contribution in [0.5, 0.6) is 0 Å². The van der Waals surface area contributed by atoms with Gasteiger partial charge in [0.15, 0.2) is 0 Å². The Kier molecular flexibility index (Phi) is 5.86. The molecule has 1 aliphatic rings. The molecule has 0 radical (unpaired) electrons. The highest BCUT2D eigenvalue weighted by Gasteiger charge is 2.35. The average molecular weight is 243 g/mol. The van der Waals surface area contributed by atoms with E-state index in [4.69, 9.17) is 10.6 Å². The van der Waals surface area contributed by atoms with Crippen LogP contribution in [0, 0.1) is 5.92 Å². The monoisotopic (exact) mass is 243 g/mol. The van der Waals surface area contributed by atoms with Gasteiger partial charge in [-0.05, 0) is 52.6 Å². The van der Waals surface area contributed by atoms with Crippen molar-refractivity contribution in [3.63, 3.8) is 0 Å². The maximum atomic E-state index is 5.78. The third-order valence-electron chi connectivity index (χ3n) is 4.60. The van der Waals surface area contributed by atoms with Crippen molar-refractivity contribution in [2.45, 2.75) is 51.1 Å². The molecule has 0 aromatic carbocycles. The Morgan fingerprint density at radius 3 is 2.41 bits per heavy atom. The average Bonchev–Trinajstić information content (AvgIpc) is 2.36. The van der Waals surface area contributed by atoms with Gasteiger partial charge in [0.2, 0.25) is 0 Å². The normalized spacial score (nSPS) is 23.6. The molecule has 4 nitrogen and oxygen atoms in total. The molecule has 0 spiro atoms. The van der Waals surface area contributed by atoms with Gasteiger partial charge in [-0.15, -0.1) is 0 Å². The summed E-state index contributed by atoms with van der Waals surface area (Å²) in [6, 6.07) is 0.339. The van der Waals surface area contributed by atoms with Crippen LogP contribution in [0.25, 0.3) is 0 Å². The highest BCUT2D eigenvalue weighted by molar-refractivity contribution is 4.94. The molecule has 0 amide bonds. The lowest BCUT2D eigenvalue weighted by molar-refractivity contribution is 0.0429. The number of hydrogen-bond acceptors (Lipinski definition) is 4. The van der Waals surface area contributed by atoms with Gasteiger partial charge in [0, 0.05) is 24.8 Å². The van der Waals surface area contributed by atoms with E-state index in [1.54, 1.807) is 0 Å². The molecule has 0 bridgehead atoms. The van der Waals surface area contributed by atoms with Gasteiger partial charge in [0.05, 0.1) is 0 Å². The third-order valence-corrected chi connectivity index (χ3v) is 4.60. The number of rotatable bonds is 6. The van der Waals surface area contributed by atoms with Crippen LogP contribution < -0.4 is 11.3 Å². The predicted octanol–water partition coefficient (Wildman–Crippen LogP) is 1.37. The lowest BCUT2D eigenvalue weighted by atomic mass is 9.81. The van der Waals surface area contributed by atoms with Crippen molar-refractivity contribution < 1.29 is 4.74 Å². The van der Waals surface area contributed by atoms with Crippen molar-refractivity contribution >= 4 is 0 Å². The van der Waals surface area contributed by atoms with Gasteiger partial charge in [-0.1, -0.05) is 6.92 Å². The first-order chi connectivity index (χ1) is 8.04. The minimum atomic E-state index is 0.118. The molecular formula is C13H29N3O. The number of hydrazine groups is 1. The fraction of sp³-hybridized carbons (Fsp3) is 1.00. The number of likely N-dealkylation sites (N-methyl/N-ethyl adjacent to an activating group) is 1. The molecule has 1 rings (SSSR count). The van der Waals surface area contributed by atoms with Crippen LogP contribution in [0.15, 0.2) is 0 Å². The summed E-state index contributed by atoms with van der Waals surface area (Å²) in [6.45, 7) is 6.34. The summed E-state index contributed by atoms with van der Waals surface area (Å²) in [4.78, 5) is 2.29. The maximum Gasteiger partial charge on any atom is 0.0468 e. The molecule has 17 heavy (non-hydrogen) atoms. The Balaban J connectivity index is 2.62. The van der Waals surface area contributed by atoms with Crippen LogP contribution in [-0.4, -0.2) is 43.8 Å². The fourth-order valence-corrected chi connectivity index (χ4v) is 2.69. The molecule has 1 saturated heterocycles. The molecule has 4 heteroatoms. The quantitative estimate of drug-likeness (QED) is 0.546. The van der Waals surface area contributed by atoms with E-state index in [0.717, 1.165) is 32.0 Å². The molecule has 3 N–H and O–H groups in total. The Hall–Kier alpha value is -0.160. The van der Waals surface area contributed by atoms with Gasteiger partial charge in [0.1, 0.15) is 0 Å². The van der Waals surface area contributed by atoms with E-state index in [-0.39, 0.29) is 5.54 Å². The first kappa shape index (κ1) is 14.9. The number of hydrogen-bond donors (Lipinski definition) is 2. The second-order valence-electron chi connectivity index (χ2n) is 5.62. The highest BCUT2D eigenvalue weighted by Crippen LogP contribution is 2.28. The van der Waals surface area contributed by atoms with Crippen LogP contribution in [0.3, 0.4) is 0 Å². The SMILES string of the molecule is CCC(C)(C(CC1CCOCC1)NN)N(C)C. The second-order valence-corrected chi connectivity index (χ2v) is 5.62. The van der Waals surface area contributed by atoms with Crippen LogP contribution >= 0.6 is 0 Å². The molecule has 1 heterocycles. The molecule has 1 aliphatic heterocycles. The summed E-state index contributed by atoms with van der Waals surface area (Å²) in [7, 11) is 4.27. The third kappa shape index (κ3) is 3.65. The standard InChI is InChI=1S/C13H29N3O/c1-5-13(2,16(3)4)12(15-14)10-11-6-8-17-9-7-11/h11-12,15H,5-10,14H2,1-4H3. The fourth-order valence-electron chi connectivity index (χ4n) is 2.69. The Morgan fingerprint density at radius 1 is 1.41 bits per heavy atom. The minimum absolute atomic E-state index is 0.118. The Labute approximate surface area is 106 Å².